The Morgan fingerprint density at radius 2 is 1.69 bits per heavy atom. The zero-order valence-electron chi connectivity index (χ0n) is 17.8. The number of likely N-dealkylation sites (tertiary alicyclic amines) is 1. The van der Waals surface area contributed by atoms with Crippen LogP contribution in [0, 0.1) is 0 Å². The molecular formula is C23H25ClN4O4. The minimum absolute atomic E-state index is 0.0556. The highest BCUT2D eigenvalue weighted by Crippen LogP contribution is 2.36. The number of ether oxygens (including phenoxy) is 1. The summed E-state index contributed by atoms with van der Waals surface area (Å²) in [7, 11) is 0. The van der Waals surface area contributed by atoms with E-state index in [0.717, 1.165) is 19.3 Å². The Morgan fingerprint density at radius 3 is 2.41 bits per heavy atom. The number of carbonyl (C=O) groups excluding carboxylic acids is 3. The molecule has 32 heavy (non-hydrogen) atoms. The topological polar surface area (TPSA) is 91.0 Å². The average Bonchev–Trinajstić information content (AvgIpc) is 2.79. The predicted octanol–water partition coefficient (Wildman–Crippen LogP) is 4.11. The molecule has 0 bridgehead atoms. The summed E-state index contributed by atoms with van der Waals surface area (Å²) in [5, 5.41) is 6.04. The van der Waals surface area contributed by atoms with Crippen molar-refractivity contribution in [1.29, 1.82) is 0 Å². The van der Waals surface area contributed by atoms with Crippen LogP contribution in [0.4, 0.5) is 21.9 Å². The van der Waals surface area contributed by atoms with Gasteiger partial charge in [0.1, 0.15) is 12.3 Å². The first kappa shape index (κ1) is 22.0. The maximum absolute atomic E-state index is 12.8. The van der Waals surface area contributed by atoms with Gasteiger partial charge in [0.2, 0.25) is 5.91 Å². The van der Waals surface area contributed by atoms with Gasteiger partial charge in [-0.15, -0.1) is 0 Å². The summed E-state index contributed by atoms with van der Waals surface area (Å²) >= 11 is 5.87. The largest absolute Gasteiger partial charge is 0.479 e. The monoisotopic (exact) mass is 456 g/mol. The number of halogens is 1. The van der Waals surface area contributed by atoms with Gasteiger partial charge in [0, 0.05) is 29.5 Å². The molecule has 0 spiro atoms. The van der Waals surface area contributed by atoms with Crippen molar-refractivity contribution in [1.82, 2.24) is 4.90 Å². The van der Waals surface area contributed by atoms with Gasteiger partial charge in [0.15, 0.2) is 6.10 Å². The van der Waals surface area contributed by atoms with Crippen molar-refractivity contribution in [3.63, 3.8) is 0 Å². The van der Waals surface area contributed by atoms with Crippen molar-refractivity contribution in [2.75, 3.05) is 35.2 Å². The van der Waals surface area contributed by atoms with Crippen LogP contribution < -0.4 is 20.3 Å². The molecule has 168 valence electrons. The molecule has 2 heterocycles. The molecule has 2 N–H and O–H groups in total. The van der Waals surface area contributed by atoms with Crippen molar-refractivity contribution in [3.8, 4) is 5.75 Å². The summed E-state index contributed by atoms with van der Waals surface area (Å²) in [6.45, 7) is 3.04. The third-order valence-corrected chi connectivity index (χ3v) is 5.78. The van der Waals surface area contributed by atoms with Crippen molar-refractivity contribution >= 4 is 46.5 Å². The van der Waals surface area contributed by atoms with Crippen LogP contribution in [0.15, 0.2) is 42.5 Å². The Kier molecular flexibility index (Phi) is 6.50. The molecule has 9 heteroatoms. The highest BCUT2D eigenvalue weighted by atomic mass is 35.5. The SMILES string of the molecule is CC1Oc2ccc(NC(=O)Nc3ccc(Cl)cc3)cc2N(CC(=O)N2CCCCC2)C1=O. The van der Waals surface area contributed by atoms with Crippen LogP contribution in [0.5, 0.6) is 5.75 Å². The summed E-state index contributed by atoms with van der Waals surface area (Å²) in [5.41, 5.74) is 1.52. The van der Waals surface area contributed by atoms with Crippen LogP contribution in [-0.2, 0) is 9.59 Å². The molecule has 2 aromatic carbocycles. The van der Waals surface area contributed by atoms with Crippen molar-refractivity contribution in [2.45, 2.75) is 32.3 Å². The lowest BCUT2D eigenvalue weighted by atomic mass is 10.1. The minimum atomic E-state index is -0.691. The number of rotatable bonds is 4. The maximum atomic E-state index is 12.8. The van der Waals surface area contributed by atoms with E-state index in [4.69, 9.17) is 16.3 Å². The van der Waals surface area contributed by atoms with E-state index in [2.05, 4.69) is 10.6 Å². The zero-order valence-corrected chi connectivity index (χ0v) is 18.5. The Hall–Kier alpha value is -3.26. The highest BCUT2D eigenvalue weighted by Gasteiger charge is 2.34. The van der Waals surface area contributed by atoms with Gasteiger partial charge in [-0.3, -0.25) is 14.5 Å². The summed E-state index contributed by atoms with van der Waals surface area (Å²) < 4.78 is 5.71. The van der Waals surface area contributed by atoms with Gasteiger partial charge in [-0.05, 0) is 68.7 Å². The third kappa shape index (κ3) is 4.96. The number of fused-ring (bicyclic) bond motifs is 1. The number of nitrogens with zero attached hydrogens (tertiary/aromatic N) is 2. The normalized spacial score (nSPS) is 17.9. The summed E-state index contributed by atoms with van der Waals surface area (Å²) in [5.74, 6) is 0.120. The zero-order chi connectivity index (χ0) is 22.7. The third-order valence-electron chi connectivity index (χ3n) is 5.53. The number of benzene rings is 2. The van der Waals surface area contributed by atoms with E-state index < -0.39 is 12.1 Å². The average molecular weight is 457 g/mol. The van der Waals surface area contributed by atoms with E-state index >= 15 is 0 Å². The fourth-order valence-corrected chi connectivity index (χ4v) is 3.98. The lowest BCUT2D eigenvalue weighted by Crippen LogP contribution is -2.50. The predicted molar refractivity (Wildman–Crippen MR) is 123 cm³/mol. The van der Waals surface area contributed by atoms with Gasteiger partial charge in [0.25, 0.3) is 5.91 Å². The van der Waals surface area contributed by atoms with Crippen molar-refractivity contribution in [2.24, 2.45) is 0 Å². The quantitative estimate of drug-likeness (QED) is 0.724. The molecule has 1 saturated heterocycles. The number of carbonyl (C=O) groups is 3. The number of amides is 4. The number of hydrogen-bond acceptors (Lipinski definition) is 4. The van der Waals surface area contributed by atoms with Crippen molar-refractivity contribution in [3.05, 3.63) is 47.5 Å². The molecule has 1 unspecified atom stereocenters. The van der Waals surface area contributed by atoms with Gasteiger partial charge < -0.3 is 20.3 Å². The Balaban J connectivity index is 1.50. The van der Waals surface area contributed by atoms with Crippen LogP contribution in [0.25, 0.3) is 0 Å². The first-order valence-corrected chi connectivity index (χ1v) is 11.0. The van der Waals surface area contributed by atoms with E-state index in [9.17, 15) is 14.4 Å². The van der Waals surface area contributed by atoms with Crippen LogP contribution in [0.3, 0.4) is 0 Å². The molecule has 4 amide bonds. The van der Waals surface area contributed by atoms with Gasteiger partial charge in [-0.25, -0.2) is 4.79 Å². The summed E-state index contributed by atoms with van der Waals surface area (Å²) in [6, 6.07) is 11.3. The fourth-order valence-electron chi connectivity index (χ4n) is 3.85. The highest BCUT2D eigenvalue weighted by molar-refractivity contribution is 6.30. The Labute approximate surface area is 191 Å². The summed E-state index contributed by atoms with van der Waals surface area (Å²) in [4.78, 5) is 41.3. The van der Waals surface area contributed by atoms with Gasteiger partial charge in [-0.2, -0.15) is 0 Å². The smallest absolute Gasteiger partial charge is 0.323 e. The van der Waals surface area contributed by atoms with Crippen molar-refractivity contribution < 1.29 is 19.1 Å². The molecule has 2 aliphatic heterocycles. The lowest BCUT2D eigenvalue weighted by Gasteiger charge is -2.35. The molecule has 2 aromatic rings. The van der Waals surface area contributed by atoms with E-state index in [1.165, 1.54) is 4.90 Å². The number of anilines is 3. The fraction of sp³-hybridized carbons (Fsp3) is 0.348. The summed E-state index contributed by atoms with van der Waals surface area (Å²) in [6.07, 6.45) is 2.38. The molecule has 2 aliphatic rings. The van der Waals surface area contributed by atoms with Crippen LogP contribution in [0.2, 0.25) is 5.02 Å². The molecule has 0 radical (unpaired) electrons. The lowest BCUT2D eigenvalue weighted by molar-refractivity contribution is -0.133. The minimum Gasteiger partial charge on any atom is -0.479 e. The van der Waals surface area contributed by atoms with Gasteiger partial charge in [0.05, 0.1) is 5.69 Å². The second kappa shape index (κ2) is 9.48. The molecule has 0 aliphatic carbocycles. The number of nitrogens with one attached hydrogen (secondary N) is 2. The van der Waals surface area contributed by atoms with Crippen LogP contribution in [-0.4, -0.2) is 48.5 Å². The molecule has 1 atom stereocenters. The number of piperidine rings is 1. The maximum Gasteiger partial charge on any atom is 0.323 e. The Morgan fingerprint density at radius 1 is 1.03 bits per heavy atom. The molecular weight excluding hydrogens is 432 g/mol. The standard InChI is InChI=1S/C23H25ClN4O4/c1-15-22(30)28(14-21(29)27-11-3-2-4-12-27)19-13-18(9-10-20(19)32-15)26-23(31)25-17-7-5-16(24)6-8-17/h5-10,13,15H,2-4,11-12,14H2,1H3,(H2,25,26,31). The van der Waals surface area contributed by atoms with Gasteiger partial charge in [-0.1, -0.05) is 11.6 Å². The Bertz CT molecular complexity index is 1020. The number of urea groups is 1. The van der Waals surface area contributed by atoms with E-state index in [1.54, 1.807) is 54.3 Å². The molecule has 4 rings (SSSR count). The molecule has 8 nitrogen and oxygen atoms in total. The number of hydrogen-bond donors (Lipinski definition) is 2. The van der Waals surface area contributed by atoms with E-state index in [1.807, 2.05) is 0 Å². The molecule has 1 fully saturated rings. The molecule has 0 saturated carbocycles. The second-order valence-corrected chi connectivity index (χ2v) is 8.33. The first-order valence-electron chi connectivity index (χ1n) is 10.6. The van der Waals surface area contributed by atoms with Gasteiger partial charge >= 0.3 is 6.03 Å². The van der Waals surface area contributed by atoms with Crippen LogP contribution >= 0.6 is 11.6 Å². The first-order chi connectivity index (χ1) is 15.4. The molecule has 0 aromatic heterocycles. The van der Waals surface area contributed by atoms with E-state index in [-0.39, 0.29) is 18.4 Å². The van der Waals surface area contributed by atoms with Crippen LogP contribution in [0.1, 0.15) is 26.2 Å². The van der Waals surface area contributed by atoms with E-state index in [0.29, 0.717) is 40.9 Å². The second-order valence-electron chi connectivity index (χ2n) is 7.89.